The van der Waals surface area contributed by atoms with E-state index in [1.165, 1.54) is 30.1 Å². The molecule has 1 N–H and O–H groups in total. The Kier molecular flexibility index (Phi) is 7.16. The molecule has 0 spiro atoms. The molecule has 4 aromatic carbocycles. The highest BCUT2D eigenvalue weighted by molar-refractivity contribution is 6.31. The number of halogens is 1. The number of furan rings is 1. The predicted octanol–water partition coefficient (Wildman–Crippen LogP) is 6.63. The molecule has 0 bridgehead atoms. The second-order valence-corrected chi connectivity index (χ2v) is 9.74. The molecule has 0 atom stereocenters. The van der Waals surface area contributed by atoms with Crippen LogP contribution in [0.25, 0.3) is 33.5 Å². The number of carboxylic acids is 1. The summed E-state index contributed by atoms with van der Waals surface area (Å²) < 4.78 is 18.7. The monoisotopic (exact) mass is 579 g/mol. The van der Waals surface area contributed by atoms with E-state index in [9.17, 15) is 9.59 Å². The van der Waals surface area contributed by atoms with Gasteiger partial charge < -0.3 is 19.0 Å². The molecule has 0 amide bonds. The van der Waals surface area contributed by atoms with Crippen molar-refractivity contribution in [3.63, 3.8) is 0 Å². The van der Waals surface area contributed by atoms with Crippen molar-refractivity contribution in [1.82, 2.24) is 9.66 Å². The Labute approximate surface area is 243 Å². The molecule has 0 fully saturated rings. The zero-order valence-electron chi connectivity index (χ0n) is 22.2. The van der Waals surface area contributed by atoms with Gasteiger partial charge in [0.05, 0.1) is 29.8 Å². The third-order valence-corrected chi connectivity index (χ3v) is 6.79. The van der Waals surface area contributed by atoms with Crippen molar-refractivity contribution in [2.24, 2.45) is 5.10 Å². The molecule has 0 aliphatic rings. The van der Waals surface area contributed by atoms with E-state index in [4.69, 9.17) is 35.6 Å². The molecule has 208 valence electrons. The van der Waals surface area contributed by atoms with Crippen LogP contribution in [0, 0.1) is 0 Å². The van der Waals surface area contributed by atoms with Crippen molar-refractivity contribution in [3.05, 3.63) is 123 Å². The van der Waals surface area contributed by atoms with Crippen LogP contribution in [-0.4, -0.2) is 34.1 Å². The molecule has 0 unspecified atom stereocenters. The van der Waals surface area contributed by atoms with Crippen LogP contribution < -0.4 is 15.0 Å². The molecule has 0 radical (unpaired) electrons. The lowest BCUT2D eigenvalue weighted by molar-refractivity contribution is 0.0697. The fourth-order valence-electron chi connectivity index (χ4n) is 4.43. The van der Waals surface area contributed by atoms with Gasteiger partial charge >= 0.3 is 5.97 Å². The highest BCUT2D eigenvalue weighted by atomic mass is 35.5. The fraction of sp³-hybridized carbons (Fsp3) is 0.0625. The summed E-state index contributed by atoms with van der Waals surface area (Å²) in [5, 5.41) is 15.3. The zero-order chi connectivity index (χ0) is 29.2. The molecule has 2 aromatic heterocycles. The number of aromatic carboxylic acids is 1. The van der Waals surface area contributed by atoms with Gasteiger partial charge in [0.25, 0.3) is 5.56 Å². The quantitative estimate of drug-likeness (QED) is 0.201. The minimum Gasteiger partial charge on any atom is -0.493 e. The summed E-state index contributed by atoms with van der Waals surface area (Å²) in [6.45, 7) is 0.216. The van der Waals surface area contributed by atoms with Gasteiger partial charge in [-0.25, -0.2) is 9.78 Å². The Morgan fingerprint density at radius 3 is 2.62 bits per heavy atom. The highest BCUT2D eigenvalue weighted by Gasteiger charge is 2.17. The van der Waals surface area contributed by atoms with Gasteiger partial charge in [0.15, 0.2) is 17.3 Å². The molecule has 2 heterocycles. The molecule has 10 heteroatoms. The number of carbonyl (C=O) groups is 1. The maximum Gasteiger partial charge on any atom is 0.335 e. The van der Waals surface area contributed by atoms with Crippen LogP contribution in [0.5, 0.6) is 11.5 Å². The molecule has 0 saturated carbocycles. The van der Waals surface area contributed by atoms with Crippen LogP contribution in [0.4, 0.5) is 0 Å². The van der Waals surface area contributed by atoms with E-state index in [0.717, 1.165) is 10.9 Å². The molecule has 6 aromatic rings. The van der Waals surface area contributed by atoms with Crippen molar-refractivity contribution >= 4 is 45.7 Å². The Balaban J connectivity index is 1.33. The summed E-state index contributed by atoms with van der Waals surface area (Å²) in [5.74, 6) is 0.563. The van der Waals surface area contributed by atoms with Gasteiger partial charge in [0.2, 0.25) is 5.82 Å². The molecular formula is C32H22ClN3O6. The molecule has 0 saturated heterocycles. The number of fused-ring (bicyclic) bond motifs is 2. The maximum absolute atomic E-state index is 13.5. The Morgan fingerprint density at radius 1 is 1.02 bits per heavy atom. The Morgan fingerprint density at radius 2 is 1.83 bits per heavy atom. The Hall–Kier alpha value is -5.41. The summed E-state index contributed by atoms with van der Waals surface area (Å²) in [6.07, 6.45) is 1.53. The van der Waals surface area contributed by atoms with Crippen LogP contribution >= 0.6 is 11.6 Å². The van der Waals surface area contributed by atoms with E-state index in [1.807, 2.05) is 6.07 Å². The van der Waals surface area contributed by atoms with Gasteiger partial charge in [-0.05, 0) is 77.9 Å². The first-order valence-electron chi connectivity index (χ1n) is 12.8. The van der Waals surface area contributed by atoms with Gasteiger partial charge in [-0.1, -0.05) is 35.9 Å². The standard InChI is InChI=1S/C32H22ClN3O6/c1-40-28-14-20(8-12-27(28)41-18-19-6-9-21(10-7-19)32(38)39)17-34-36-30(35-25-5-3-2-4-24(25)31(36)37)29-16-22-15-23(33)11-13-26(22)42-29/h2-17H,18H2,1H3,(H,38,39). The smallest absolute Gasteiger partial charge is 0.335 e. The maximum atomic E-state index is 13.5. The summed E-state index contributed by atoms with van der Waals surface area (Å²) in [4.78, 5) is 29.3. The molecule has 0 aliphatic carbocycles. The lowest BCUT2D eigenvalue weighted by Crippen LogP contribution is -2.20. The van der Waals surface area contributed by atoms with Crippen molar-refractivity contribution < 1.29 is 23.8 Å². The van der Waals surface area contributed by atoms with Crippen LogP contribution in [0.3, 0.4) is 0 Å². The van der Waals surface area contributed by atoms with E-state index < -0.39 is 5.97 Å². The van der Waals surface area contributed by atoms with Crippen molar-refractivity contribution in [2.75, 3.05) is 7.11 Å². The van der Waals surface area contributed by atoms with Gasteiger partial charge in [0, 0.05) is 10.4 Å². The second-order valence-electron chi connectivity index (χ2n) is 9.31. The fourth-order valence-corrected chi connectivity index (χ4v) is 4.61. The van der Waals surface area contributed by atoms with Crippen molar-refractivity contribution in [1.29, 1.82) is 0 Å². The average molecular weight is 580 g/mol. The first-order chi connectivity index (χ1) is 20.4. The normalized spacial score (nSPS) is 11.4. The van der Waals surface area contributed by atoms with E-state index in [1.54, 1.807) is 72.8 Å². The zero-order valence-corrected chi connectivity index (χ0v) is 22.9. The minimum atomic E-state index is -0.988. The van der Waals surface area contributed by atoms with Gasteiger partial charge in [0.1, 0.15) is 12.2 Å². The first-order valence-corrected chi connectivity index (χ1v) is 13.2. The van der Waals surface area contributed by atoms with Gasteiger partial charge in [-0.15, -0.1) is 0 Å². The topological polar surface area (TPSA) is 116 Å². The van der Waals surface area contributed by atoms with Crippen molar-refractivity contribution in [2.45, 2.75) is 6.61 Å². The number of nitrogens with zero attached hydrogens (tertiary/aromatic N) is 3. The summed E-state index contributed by atoms with van der Waals surface area (Å²) in [7, 11) is 1.52. The average Bonchev–Trinajstić information content (AvgIpc) is 3.43. The van der Waals surface area contributed by atoms with Crippen molar-refractivity contribution in [3.8, 4) is 23.1 Å². The van der Waals surface area contributed by atoms with E-state index in [-0.39, 0.29) is 23.6 Å². The second kappa shape index (κ2) is 11.2. The minimum absolute atomic E-state index is 0.202. The predicted molar refractivity (Wildman–Crippen MR) is 160 cm³/mol. The van der Waals surface area contributed by atoms with Crippen LogP contribution in [0.2, 0.25) is 5.02 Å². The van der Waals surface area contributed by atoms with Crippen LogP contribution in [0.15, 0.2) is 105 Å². The highest BCUT2D eigenvalue weighted by Crippen LogP contribution is 2.30. The molecule has 42 heavy (non-hydrogen) atoms. The lowest BCUT2D eigenvalue weighted by atomic mass is 10.1. The molecular weight excluding hydrogens is 558 g/mol. The number of aromatic nitrogens is 2. The van der Waals surface area contributed by atoms with E-state index in [2.05, 4.69) is 5.10 Å². The largest absolute Gasteiger partial charge is 0.493 e. The number of para-hydroxylation sites is 1. The number of ether oxygens (including phenoxy) is 2. The molecule has 6 rings (SSSR count). The first kappa shape index (κ1) is 26.8. The van der Waals surface area contributed by atoms with Crippen LogP contribution in [-0.2, 0) is 6.61 Å². The number of methoxy groups -OCH3 is 1. The number of rotatable bonds is 8. The summed E-state index contributed by atoms with van der Waals surface area (Å²) in [5.41, 5.74) is 2.41. The third kappa shape index (κ3) is 5.33. The lowest BCUT2D eigenvalue weighted by Gasteiger charge is -2.12. The molecule has 9 nitrogen and oxygen atoms in total. The SMILES string of the molecule is COc1cc(C=Nn2c(-c3cc4cc(Cl)ccc4o3)nc3ccccc3c2=O)ccc1OCc1ccc(C(=O)O)cc1. The summed E-state index contributed by atoms with van der Waals surface area (Å²) >= 11 is 6.15. The Bertz CT molecular complexity index is 2050. The third-order valence-electron chi connectivity index (χ3n) is 6.56. The van der Waals surface area contributed by atoms with Gasteiger partial charge in [-0.2, -0.15) is 9.78 Å². The number of hydrogen-bond acceptors (Lipinski definition) is 7. The number of carboxylic acid groups (broad SMARTS) is 1. The van der Waals surface area contributed by atoms with Gasteiger partial charge in [-0.3, -0.25) is 4.79 Å². The van der Waals surface area contributed by atoms with Crippen LogP contribution in [0.1, 0.15) is 21.5 Å². The summed E-state index contributed by atoms with van der Waals surface area (Å²) in [6, 6.07) is 25.8. The van der Waals surface area contributed by atoms with E-state index >= 15 is 0 Å². The number of benzene rings is 4. The number of hydrogen-bond donors (Lipinski definition) is 1. The molecule has 0 aliphatic heterocycles. The van der Waals surface area contributed by atoms with E-state index in [0.29, 0.717) is 44.3 Å².